The van der Waals surface area contributed by atoms with E-state index in [-0.39, 0.29) is 12.7 Å². The summed E-state index contributed by atoms with van der Waals surface area (Å²) in [4.78, 5) is 12.7. The zero-order valence-corrected chi connectivity index (χ0v) is 19.1. The summed E-state index contributed by atoms with van der Waals surface area (Å²) in [7, 11) is 0. The normalized spacial score (nSPS) is 12.7. The maximum atomic E-state index is 12.7. The molecule has 6 nitrogen and oxygen atoms in total. The van der Waals surface area contributed by atoms with Crippen LogP contribution in [0.4, 0.5) is 0 Å². The van der Waals surface area contributed by atoms with Crippen LogP contribution in [0, 0.1) is 0 Å². The number of hydrogen-bond acceptors (Lipinski definition) is 5. The Morgan fingerprint density at radius 3 is 2.71 bits per heavy atom. The molecule has 0 spiro atoms. The minimum atomic E-state index is -0.187. The lowest BCUT2D eigenvalue weighted by Crippen LogP contribution is -2.20. The van der Waals surface area contributed by atoms with Crippen molar-refractivity contribution in [1.82, 2.24) is 5.32 Å². The molecule has 6 heteroatoms. The van der Waals surface area contributed by atoms with Gasteiger partial charge in [-0.3, -0.25) is 4.79 Å². The van der Waals surface area contributed by atoms with E-state index < -0.39 is 0 Å². The Hall–Kier alpha value is -4.19. The third-order valence-electron chi connectivity index (χ3n) is 5.74. The zero-order chi connectivity index (χ0) is 23.5. The Balaban J connectivity index is 1.40. The molecule has 0 bridgehead atoms. The SMILES string of the molecule is CCOc1cc2occ(-c3ccccc3)c2cc1/C(C)=C/C(=O)NCc1ccc2c(c1)OCO2. The highest BCUT2D eigenvalue weighted by Crippen LogP contribution is 2.37. The highest BCUT2D eigenvalue weighted by atomic mass is 16.7. The van der Waals surface area contributed by atoms with Gasteiger partial charge in [-0.2, -0.15) is 0 Å². The first-order chi connectivity index (χ1) is 16.6. The van der Waals surface area contributed by atoms with Crippen molar-refractivity contribution >= 4 is 22.4 Å². The molecule has 1 aromatic heterocycles. The van der Waals surface area contributed by atoms with E-state index in [4.69, 9.17) is 18.6 Å². The van der Waals surface area contributed by atoms with Crippen molar-refractivity contribution in [2.75, 3.05) is 13.4 Å². The predicted octanol–water partition coefficient (Wildman–Crippen LogP) is 5.95. The fourth-order valence-corrected chi connectivity index (χ4v) is 4.04. The maximum absolute atomic E-state index is 12.7. The van der Waals surface area contributed by atoms with Crippen LogP contribution in [0.2, 0.25) is 0 Å². The Kier molecular flexibility index (Phi) is 5.95. The summed E-state index contributed by atoms with van der Waals surface area (Å²) < 4.78 is 22.4. The third-order valence-corrected chi connectivity index (χ3v) is 5.74. The van der Waals surface area contributed by atoms with Gasteiger partial charge >= 0.3 is 0 Å². The van der Waals surface area contributed by atoms with Crippen LogP contribution in [0.15, 0.2) is 77.4 Å². The van der Waals surface area contributed by atoms with Crippen LogP contribution in [0.25, 0.3) is 27.7 Å². The van der Waals surface area contributed by atoms with Gasteiger partial charge in [0.05, 0.1) is 12.9 Å². The van der Waals surface area contributed by atoms with Gasteiger partial charge in [-0.15, -0.1) is 0 Å². The number of hydrogen-bond donors (Lipinski definition) is 1. The molecule has 0 saturated heterocycles. The van der Waals surface area contributed by atoms with Crippen LogP contribution >= 0.6 is 0 Å². The van der Waals surface area contributed by atoms with Crippen molar-refractivity contribution in [3.8, 4) is 28.4 Å². The second-order valence-corrected chi connectivity index (χ2v) is 8.03. The van der Waals surface area contributed by atoms with Crippen molar-refractivity contribution in [3.63, 3.8) is 0 Å². The van der Waals surface area contributed by atoms with E-state index in [2.05, 4.69) is 5.32 Å². The second-order valence-electron chi connectivity index (χ2n) is 8.03. The third kappa shape index (κ3) is 4.35. The molecule has 0 atom stereocenters. The van der Waals surface area contributed by atoms with Gasteiger partial charge in [0.2, 0.25) is 12.7 Å². The average molecular weight is 456 g/mol. The molecule has 1 aliphatic rings. The van der Waals surface area contributed by atoms with E-state index in [1.54, 1.807) is 12.3 Å². The summed E-state index contributed by atoms with van der Waals surface area (Å²) >= 11 is 0. The van der Waals surface area contributed by atoms with E-state index in [0.717, 1.165) is 44.5 Å². The molecule has 0 radical (unpaired) electrons. The number of amides is 1. The Labute approximate surface area is 197 Å². The molecule has 2 heterocycles. The molecule has 3 aromatic carbocycles. The maximum Gasteiger partial charge on any atom is 0.244 e. The second kappa shape index (κ2) is 9.35. The van der Waals surface area contributed by atoms with Gasteiger partial charge in [0.1, 0.15) is 11.3 Å². The summed E-state index contributed by atoms with van der Waals surface area (Å²) in [5, 5.41) is 3.91. The predicted molar refractivity (Wildman–Crippen MR) is 131 cm³/mol. The first-order valence-corrected chi connectivity index (χ1v) is 11.2. The number of furan rings is 1. The van der Waals surface area contributed by atoms with E-state index in [0.29, 0.717) is 24.7 Å². The molecule has 172 valence electrons. The topological polar surface area (TPSA) is 69.9 Å². The van der Waals surface area contributed by atoms with Crippen LogP contribution in [0.5, 0.6) is 17.2 Å². The number of allylic oxidation sites excluding steroid dienone is 1. The van der Waals surface area contributed by atoms with E-state index in [9.17, 15) is 4.79 Å². The Bertz CT molecular complexity index is 1370. The Morgan fingerprint density at radius 1 is 1.06 bits per heavy atom. The summed E-state index contributed by atoms with van der Waals surface area (Å²) in [6.45, 7) is 4.96. The molecule has 0 saturated carbocycles. The van der Waals surface area contributed by atoms with Crippen molar-refractivity contribution in [2.45, 2.75) is 20.4 Å². The molecule has 0 aliphatic carbocycles. The fraction of sp³-hybridized carbons (Fsp3) is 0.179. The van der Waals surface area contributed by atoms with Crippen LogP contribution in [-0.4, -0.2) is 19.3 Å². The van der Waals surface area contributed by atoms with Crippen molar-refractivity contribution in [1.29, 1.82) is 0 Å². The molecular weight excluding hydrogens is 430 g/mol. The molecule has 1 aliphatic heterocycles. The van der Waals surface area contributed by atoms with Crippen molar-refractivity contribution < 1.29 is 23.4 Å². The molecule has 0 fully saturated rings. The molecule has 5 rings (SSSR count). The first kappa shape index (κ1) is 21.6. The van der Waals surface area contributed by atoms with E-state index in [1.807, 2.05) is 74.5 Å². The number of carbonyl (C=O) groups is 1. The van der Waals surface area contributed by atoms with Gasteiger partial charge in [0.25, 0.3) is 0 Å². The standard InChI is InChI=1S/C28H25NO5/c1-3-31-25-14-26-22(23(16-32-26)20-7-5-4-6-8-20)13-21(25)18(2)11-28(30)29-15-19-9-10-24-27(12-19)34-17-33-24/h4-14,16H,3,15,17H2,1-2H3,(H,29,30)/b18-11+. The fourth-order valence-electron chi connectivity index (χ4n) is 4.04. The molecule has 0 unspecified atom stereocenters. The number of benzene rings is 3. The van der Waals surface area contributed by atoms with Crippen molar-refractivity contribution in [3.05, 3.63) is 84.1 Å². The largest absolute Gasteiger partial charge is 0.493 e. The minimum Gasteiger partial charge on any atom is -0.493 e. The number of carbonyl (C=O) groups excluding carboxylic acids is 1. The molecule has 34 heavy (non-hydrogen) atoms. The summed E-state index contributed by atoms with van der Waals surface area (Å²) in [5.74, 6) is 1.91. The van der Waals surface area contributed by atoms with Gasteiger partial charge in [0, 0.05) is 35.2 Å². The zero-order valence-electron chi connectivity index (χ0n) is 19.1. The van der Waals surface area contributed by atoms with Crippen LogP contribution in [0.3, 0.4) is 0 Å². The molecule has 1 amide bonds. The lowest BCUT2D eigenvalue weighted by molar-refractivity contribution is -0.116. The van der Waals surface area contributed by atoms with E-state index >= 15 is 0 Å². The van der Waals surface area contributed by atoms with Gasteiger partial charge in [0.15, 0.2) is 11.5 Å². The van der Waals surface area contributed by atoms with Crippen LogP contribution < -0.4 is 19.5 Å². The average Bonchev–Trinajstić information content (AvgIpc) is 3.49. The van der Waals surface area contributed by atoms with Gasteiger partial charge in [-0.1, -0.05) is 36.4 Å². The number of rotatable bonds is 7. The first-order valence-electron chi connectivity index (χ1n) is 11.2. The summed E-state index contributed by atoms with van der Waals surface area (Å²) in [6, 6.07) is 19.6. The highest BCUT2D eigenvalue weighted by Gasteiger charge is 2.16. The summed E-state index contributed by atoms with van der Waals surface area (Å²) in [5.41, 5.74) is 5.40. The number of fused-ring (bicyclic) bond motifs is 2. The minimum absolute atomic E-state index is 0.187. The number of nitrogens with one attached hydrogen (secondary N) is 1. The monoisotopic (exact) mass is 455 g/mol. The quantitative estimate of drug-likeness (QED) is 0.349. The van der Waals surface area contributed by atoms with Gasteiger partial charge in [-0.25, -0.2) is 0 Å². The lowest BCUT2D eigenvalue weighted by Gasteiger charge is -2.12. The van der Waals surface area contributed by atoms with Gasteiger partial charge < -0.3 is 23.9 Å². The highest BCUT2D eigenvalue weighted by molar-refractivity contribution is 6.00. The van der Waals surface area contributed by atoms with E-state index in [1.165, 1.54) is 0 Å². The van der Waals surface area contributed by atoms with Crippen LogP contribution in [-0.2, 0) is 11.3 Å². The smallest absolute Gasteiger partial charge is 0.244 e. The van der Waals surface area contributed by atoms with Gasteiger partial charge in [-0.05, 0) is 48.7 Å². The molecule has 1 N–H and O–H groups in total. The number of ether oxygens (including phenoxy) is 3. The molecule has 4 aromatic rings. The lowest BCUT2D eigenvalue weighted by atomic mass is 9.99. The summed E-state index contributed by atoms with van der Waals surface area (Å²) in [6.07, 6.45) is 3.36. The van der Waals surface area contributed by atoms with Crippen molar-refractivity contribution in [2.24, 2.45) is 0 Å². The Morgan fingerprint density at radius 2 is 1.88 bits per heavy atom. The van der Waals surface area contributed by atoms with Crippen LogP contribution in [0.1, 0.15) is 25.0 Å². The molecular formula is C28H25NO5.